The van der Waals surface area contributed by atoms with Crippen LogP contribution in [-0.2, 0) is 6.42 Å². The highest BCUT2D eigenvalue weighted by molar-refractivity contribution is 5.37. The highest BCUT2D eigenvalue weighted by Crippen LogP contribution is 2.26. The molecular weight excluding hydrogens is 240 g/mol. The Morgan fingerprint density at radius 1 is 1.50 bits per heavy atom. The summed E-state index contributed by atoms with van der Waals surface area (Å²) in [6.07, 6.45) is 1.12. The molecule has 2 N–H and O–H groups in total. The molecule has 3 nitrogen and oxygen atoms in total. The van der Waals surface area contributed by atoms with E-state index in [1.54, 1.807) is 19.1 Å². The van der Waals surface area contributed by atoms with Gasteiger partial charge in [0.05, 0.1) is 5.60 Å². The first-order chi connectivity index (χ1) is 8.48. The van der Waals surface area contributed by atoms with Gasteiger partial charge in [-0.25, -0.2) is 0 Å². The van der Waals surface area contributed by atoms with Crippen molar-refractivity contribution >= 4 is 0 Å². The molecule has 1 fully saturated rings. The van der Waals surface area contributed by atoms with Gasteiger partial charge in [0.2, 0.25) is 0 Å². The summed E-state index contributed by atoms with van der Waals surface area (Å²) in [5.74, 6) is 0.178. The Morgan fingerprint density at radius 2 is 2.28 bits per heavy atom. The van der Waals surface area contributed by atoms with E-state index in [0.29, 0.717) is 24.9 Å². The van der Waals surface area contributed by atoms with E-state index in [1.165, 1.54) is 0 Å². The minimum atomic E-state index is -2.82. The predicted molar refractivity (Wildman–Crippen MR) is 64.0 cm³/mol. The van der Waals surface area contributed by atoms with Gasteiger partial charge < -0.3 is 15.2 Å². The quantitative estimate of drug-likeness (QED) is 0.865. The number of hydrogen-bond acceptors (Lipinski definition) is 3. The molecule has 1 saturated heterocycles. The zero-order chi connectivity index (χ0) is 13.2. The van der Waals surface area contributed by atoms with Crippen LogP contribution in [0.15, 0.2) is 18.2 Å². The van der Waals surface area contributed by atoms with Gasteiger partial charge in [0.15, 0.2) is 0 Å². The Hall–Kier alpha value is -1.20. The fraction of sp³-hybridized carbons (Fsp3) is 0.538. The number of halogens is 2. The minimum Gasteiger partial charge on any atom is -0.435 e. The topological polar surface area (TPSA) is 41.5 Å². The van der Waals surface area contributed by atoms with Crippen LogP contribution in [0.1, 0.15) is 17.5 Å². The van der Waals surface area contributed by atoms with E-state index in [4.69, 9.17) is 0 Å². The molecule has 0 saturated carbocycles. The Kier molecular flexibility index (Phi) is 3.82. The van der Waals surface area contributed by atoms with Crippen molar-refractivity contribution in [2.75, 3.05) is 13.1 Å². The molecular formula is C13H17F2NO2. The van der Waals surface area contributed by atoms with Crippen molar-refractivity contribution in [3.63, 3.8) is 0 Å². The van der Waals surface area contributed by atoms with Crippen molar-refractivity contribution in [2.45, 2.75) is 32.0 Å². The van der Waals surface area contributed by atoms with E-state index >= 15 is 0 Å². The molecule has 5 heteroatoms. The number of hydrogen-bond donors (Lipinski definition) is 2. The molecule has 0 aliphatic carbocycles. The number of ether oxygens (including phenoxy) is 1. The molecule has 18 heavy (non-hydrogen) atoms. The lowest BCUT2D eigenvalue weighted by molar-refractivity contribution is -0.0503. The molecule has 1 unspecified atom stereocenters. The van der Waals surface area contributed by atoms with E-state index in [0.717, 1.165) is 12.1 Å². The number of aryl methyl sites for hydroxylation is 1. The number of alkyl halides is 2. The van der Waals surface area contributed by atoms with Gasteiger partial charge in [-0.1, -0.05) is 12.1 Å². The first-order valence-corrected chi connectivity index (χ1v) is 5.96. The Balaban J connectivity index is 2.13. The molecule has 1 heterocycles. The lowest BCUT2D eigenvalue weighted by Gasteiger charge is -2.21. The van der Waals surface area contributed by atoms with Crippen molar-refractivity contribution in [1.82, 2.24) is 5.32 Å². The van der Waals surface area contributed by atoms with Crippen LogP contribution in [0.3, 0.4) is 0 Å². The average Bonchev–Trinajstić information content (AvgIpc) is 2.69. The molecule has 0 spiro atoms. The van der Waals surface area contributed by atoms with Crippen molar-refractivity contribution in [2.24, 2.45) is 0 Å². The van der Waals surface area contributed by atoms with Crippen molar-refractivity contribution in [3.8, 4) is 5.75 Å². The van der Waals surface area contributed by atoms with Crippen molar-refractivity contribution in [1.29, 1.82) is 0 Å². The maximum absolute atomic E-state index is 12.2. The number of β-amino-alcohol motifs (C(OH)–C–C–N with tert-alkyl or cyclic N) is 1. The summed E-state index contributed by atoms with van der Waals surface area (Å²) < 4.78 is 28.9. The van der Waals surface area contributed by atoms with Crippen LogP contribution in [0, 0.1) is 6.92 Å². The monoisotopic (exact) mass is 257 g/mol. The molecule has 1 aromatic rings. The molecule has 100 valence electrons. The van der Waals surface area contributed by atoms with Crippen LogP contribution in [-0.4, -0.2) is 30.4 Å². The molecule has 1 aromatic carbocycles. The van der Waals surface area contributed by atoms with Gasteiger partial charge in [0, 0.05) is 13.0 Å². The third-order valence-corrected chi connectivity index (χ3v) is 3.22. The molecule has 1 aliphatic rings. The first kappa shape index (κ1) is 13.2. The largest absolute Gasteiger partial charge is 0.435 e. The predicted octanol–water partition coefficient (Wildman–Crippen LogP) is 1.86. The average molecular weight is 257 g/mol. The first-order valence-electron chi connectivity index (χ1n) is 5.96. The fourth-order valence-electron chi connectivity index (χ4n) is 2.24. The SMILES string of the molecule is Cc1ccc(CC2(O)CCNC2)cc1OC(F)F. The van der Waals surface area contributed by atoms with E-state index < -0.39 is 12.2 Å². The summed E-state index contributed by atoms with van der Waals surface area (Å²) in [6.45, 7) is 0.206. The summed E-state index contributed by atoms with van der Waals surface area (Å²) in [5, 5.41) is 13.3. The molecule has 1 atom stereocenters. The maximum atomic E-state index is 12.2. The van der Waals surface area contributed by atoms with Crippen LogP contribution in [0.25, 0.3) is 0 Å². The number of benzene rings is 1. The molecule has 0 radical (unpaired) electrons. The lowest BCUT2D eigenvalue weighted by atomic mass is 9.93. The van der Waals surface area contributed by atoms with E-state index in [9.17, 15) is 13.9 Å². The van der Waals surface area contributed by atoms with Gasteiger partial charge in [0.1, 0.15) is 5.75 Å². The van der Waals surface area contributed by atoms with Gasteiger partial charge in [-0.05, 0) is 37.1 Å². The second kappa shape index (κ2) is 5.20. The van der Waals surface area contributed by atoms with Gasteiger partial charge in [-0.3, -0.25) is 0 Å². The van der Waals surface area contributed by atoms with E-state index in [-0.39, 0.29) is 5.75 Å². The highest BCUT2D eigenvalue weighted by Gasteiger charge is 2.31. The van der Waals surface area contributed by atoms with Gasteiger partial charge in [-0.15, -0.1) is 0 Å². The Labute approximate surface area is 105 Å². The Morgan fingerprint density at radius 3 is 2.89 bits per heavy atom. The normalized spacial score (nSPS) is 23.6. The highest BCUT2D eigenvalue weighted by atomic mass is 19.3. The molecule has 1 aliphatic heterocycles. The third kappa shape index (κ3) is 3.17. The summed E-state index contributed by atoms with van der Waals surface area (Å²) in [4.78, 5) is 0. The van der Waals surface area contributed by atoms with Gasteiger partial charge in [0.25, 0.3) is 0 Å². The van der Waals surface area contributed by atoms with Gasteiger partial charge in [-0.2, -0.15) is 8.78 Å². The van der Waals surface area contributed by atoms with Gasteiger partial charge >= 0.3 is 6.61 Å². The van der Waals surface area contributed by atoms with E-state index in [2.05, 4.69) is 10.1 Å². The maximum Gasteiger partial charge on any atom is 0.387 e. The van der Waals surface area contributed by atoms with Crippen LogP contribution in [0.4, 0.5) is 8.78 Å². The zero-order valence-corrected chi connectivity index (χ0v) is 10.2. The fourth-order valence-corrected chi connectivity index (χ4v) is 2.24. The zero-order valence-electron chi connectivity index (χ0n) is 10.2. The van der Waals surface area contributed by atoms with Crippen LogP contribution in [0.5, 0.6) is 5.75 Å². The standard InChI is InChI=1S/C13H17F2NO2/c1-9-2-3-10(6-11(9)18-12(14)15)7-13(17)4-5-16-8-13/h2-3,6,12,16-17H,4-5,7-8H2,1H3. The van der Waals surface area contributed by atoms with Crippen LogP contribution >= 0.6 is 0 Å². The molecule has 0 bridgehead atoms. The summed E-state index contributed by atoms with van der Waals surface area (Å²) in [6, 6.07) is 5.15. The second-order valence-electron chi connectivity index (χ2n) is 4.81. The Bertz CT molecular complexity index is 417. The lowest BCUT2D eigenvalue weighted by Crippen LogP contribution is -2.33. The smallest absolute Gasteiger partial charge is 0.387 e. The molecule has 0 amide bonds. The molecule has 2 rings (SSSR count). The summed E-state index contributed by atoms with van der Waals surface area (Å²) in [7, 11) is 0. The van der Waals surface area contributed by atoms with Crippen LogP contribution in [0.2, 0.25) is 0 Å². The van der Waals surface area contributed by atoms with E-state index in [1.807, 2.05) is 6.07 Å². The number of aliphatic hydroxyl groups is 1. The minimum absolute atomic E-state index is 0.178. The number of rotatable bonds is 4. The summed E-state index contributed by atoms with van der Waals surface area (Å²) in [5.41, 5.74) is 0.690. The molecule has 0 aromatic heterocycles. The second-order valence-corrected chi connectivity index (χ2v) is 4.81. The van der Waals surface area contributed by atoms with Crippen molar-refractivity contribution < 1.29 is 18.6 Å². The third-order valence-electron chi connectivity index (χ3n) is 3.22. The number of nitrogens with one attached hydrogen (secondary N) is 1. The summed E-state index contributed by atoms with van der Waals surface area (Å²) >= 11 is 0. The van der Waals surface area contributed by atoms with Crippen LogP contribution < -0.4 is 10.1 Å². The van der Waals surface area contributed by atoms with Crippen molar-refractivity contribution in [3.05, 3.63) is 29.3 Å².